The van der Waals surface area contributed by atoms with Gasteiger partial charge in [-0.25, -0.2) is 14.0 Å². The normalized spacial score (nSPS) is 12.3. The molecule has 0 saturated carbocycles. The number of halogens is 1. The number of nitrogens with zero attached hydrogens (tertiary/aromatic N) is 1. The molecule has 0 radical (unpaired) electrons. The summed E-state index contributed by atoms with van der Waals surface area (Å²) in [5.74, 6) is -2.99. The molecule has 0 fully saturated rings. The van der Waals surface area contributed by atoms with E-state index in [2.05, 4.69) is 39.2 Å². The van der Waals surface area contributed by atoms with Crippen LogP contribution in [0.25, 0.3) is 28.3 Å². The molecule has 0 aliphatic carbocycles. The summed E-state index contributed by atoms with van der Waals surface area (Å²) in [4.78, 5) is 66.7. The second kappa shape index (κ2) is 20.5. The fourth-order valence-electron chi connectivity index (χ4n) is 6.53. The Labute approximate surface area is 353 Å². The largest absolute Gasteiger partial charge is 0.469 e. The summed E-state index contributed by atoms with van der Waals surface area (Å²) < 4.78 is 38.1. The number of nitrogens with one attached hydrogen (secondary N) is 1. The Morgan fingerprint density at radius 3 is 1.90 bits per heavy atom. The van der Waals surface area contributed by atoms with E-state index in [1.807, 2.05) is 48.7 Å². The summed E-state index contributed by atoms with van der Waals surface area (Å²) in [5.41, 5.74) is 3.89. The van der Waals surface area contributed by atoms with Gasteiger partial charge in [0.15, 0.2) is 14.1 Å². The Morgan fingerprint density at radius 1 is 0.817 bits per heavy atom. The number of benzene rings is 3. The van der Waals surface area contributed by atoms with Crippen LogP contribution in [0.15, 0.2) is 78.9 Å². The molecule has 1 amide bonds. The van der Waals surface area contributed by atoms with Crippen LogP contribution in [0.5, 0.6) is 0 Å². The van der Waals surface area contributed by atoms with Crippen molar-refractivity contribution in [2.45, 2.75) is 98.1 Å². The number of rotatable bonds is 18. The number of ether oxygens (including phenoxy) is 3. The Bertz CT molecular complexity index is 2170. The van der Waals surface area contributed by atoms with Crippen molar-refractivity contribution >= 4 is 44.0 Å². The molecule has 1 heterocycles. The zero-order chi connectivity index (χ0) is 44.4. The van der Waals surface area contributed by atoms with Gasteiger partial charge in [-0.05, 0) is 105 Å². The minimum absolute atomic E-state index is 0.0820. The van der Waals surface area contributed by atoms with Gasteiger partial charge in [0.1, 0.15) is 11.5 Å². The van der Waals surface area contributed by atoms with Gasteiger partial charge in [-0.3, -0.25) is 14.4 Å². The van der Waals surface area contributed by atoms with Gasteiger partial charge >= 0.3 is 17.9 Å². The lowest BCUT2D eigenvalue weighted by Crippen LogP contribution is -2.44. The van der Waals surface area contributed by atoms with Gasteiger partial charge in [0.2, 0.25) is 0 Å². The van der Waals surface area contributed by atoms with Crippen LogP contribution in [0, 0.1) is 5.82 Å². The monoisotopic (exact) mass is 840 g/mol. The zero-order valence-corrected chi connectivity index (χ0v) is 37.3. The van der Waals surface area contributed by atoms with Gasteiger partial charge in [0, 0.05) is 30.1 Å². The lowest BCUT2D eigenvalue weighted by atomic mass is 9.94. The number of carbonyl (C=O) groups is 5. The molecule has 0 saturated heterocycles. The number of esters is 3. The average Bonchev–Trinajstić information content (AvgIpc) is 3.54. The SMILES string of the molecule is CCOC(=O)c1cc(CNC(=O)c2c(-c3ccccc3)c(-c3ccc(F)cc3)c(/C=C/C(=O)C[C@@H](CC(=O)OC)O[Si](C)(C)C(C)(C)C)n2C(C)C)cc(C(=O)OCC)c1. The summed E-state index contributed by atoms with van der Waals surface area (Å²) in [6.45, 7) is 17.7. The molecule has 0 bridgehead atoms. The van der Waals surface area contributed by atoms with Crippen LogP contribution in [-0.4, -0.2) is 68.9 Å². The van der Waals surface area contributed by atoms with E-state index in [1.54, 1.807) is 44.2 Å². The number of amides is 1. The molecule has 0 unspecified atom stereocenters. The summed E-state index contributed by atoms with van der Waals surface area (Å²) >= 11 is 0. The number of hydrogen-bond donors (Lipinski definition) is 1. The molecule has 11 nitrogen and oxygen atoms in total. The highest BCUT2D eigenvalue weighted by atomic mass is 28.4. The van der Waals surface area contributed by atoms with Gasteiger partial charge in [-0.15, -0.1) is 0 Å². The van der Waals surface area contributed by atoms with Crippen LogP contribution in [0.3, 0.4) is 0 Å². The summed E-state index contributed by atoms with van der Waals surface area (Å²) in [7, 11) is -1.11. The topological polar surface area (TPSA) is 139 Å². The molecular formula is C47H57FN2O9Si. The van der Waals surface area contributed by atoms with Crippen molar-refractivity contribution in [3.8, 4) is 22.3 Å². The third kappa shape index (κ3) is 11.8. The van der Waals surface area contributed by atoms with Gasteiger partial charge in [-0.2, -0.15) is 0 Å². The van der Waals surface area contributed by atoms with E-state index in [4.69, 9.17) is 18.6 Å². The van der Waals surface area contributed by atoms with E-state index in [1.165, 1.54) is 31.4 Å². The number of ketones is 1. The molecule has 1 aromatic heterocycles. The van der Waals surface area contributed by atoms with Crippen LogP contribution in [0.1, 0.15) is 110 Å². The smallest absolute Gasteiger partial charge is 0.338 e. The maximum absolute atomic E-state index is 14.7. The van der Waals surface area contributed by atoms with Crippen molar-refractivity contribution in [2.75, 3.05) is 20.3 Å². The molecule has 1 N–H and O–H groups in total. The minimum Gasteiger partial charge on any atom is -0.469 e. The molecule has 0 aliphatic heterocycles. The van der Waals surface area contributed by atoms with Crippen LogP contribution in [-0.2, 0) is 34.8 Å². The van der Waals surface area contributed by atoms with Crippen molar-refractivity contribution in [1.82, 2.24) is 9.88 Å². The van der Waals surface area contributed by atoms with Gasteiger partial charge in [0.05, 0.1) is 49.7 Å². The van der Waals surface area contributed by atoms with Crippen LogP contribution in [0.2, 0.25) is 18.1 Å². The molecular weight excluding hydrogens is 784 g/mol. The average molecular weight is 841 g/mol. The third-order valence-electron chi connectivity index (χ3n) is 10.4. The maximum Gasteiger partial charge on any atom is 0.338 e. The van der Waals surface area contributed by atoms with Crippen molar-refractivity contribution < 1.29 is 47.0 Å². The quantitative estimate of drug-likeness (QED) is 0.0449. The molecule has 320 valence electrons. The summed E-state index contributed by atoms with van der Waals surface area (Å²) in [6.07, 6.45) is 2.16. The molecule has 4 rings (SSSR count). The van der Waals surface area contributed by atoms with Crippen molar-refractivity contribution in [2.24, 2.45) is 0 Å². The predicted octanol–water partition coefficient (Wildman–Crippen LogP) is 9.75. The molecule has 60 heavy (non-hydrogen) atoms. The van der Waals surface area contributed by atoms with Gasteiger partial charge < -0.3 is 28.5 Å². The highest BCUT2D eigenvalue weighted by molar-refractivity contribution is 6.74. The number of allylic oxidation sites excluding steroid dienone is 1. The second-order valence-electron chi connectivity index (χ2n) is 16.1. The molecule has 0 aliphatic rings. The number of methoxy groups -OCH3 is 1. The first-order chi connectivity index (χ1) is 28.3. The summed E-state index contributed by atoms with van der Waals surface area (Å²) in [5, 5.41) is 2.81. The Balaban J connectivity index is 1.89. The maximum atomic E-state index is 14.7. The lowest BCUT2D eigenvalue weighted by Gasteiger charge is -2.39. The van der Waals surface area contributed by atoms with E-state index < -0.39 is 44.1 Å². The van der Waals surface area contributed by atoms with Crippen LogP contribution >= 0.6 is 0 Å². The third-order valence-corrected chi connectivity index (χ3v) is 14.9. The van der Waals surface area contributed by atoms with E-state index in [0.717, 1.165) is 0 Å². The molecule has 4 aromatic rings. The van der Waals surface area contributed by atoms with E-state index >= 15 is 0 Å². The van der Waals surface area contributed by atoms with Gasteiger partial charge in [0.25, 0.3) is 5.91 Å². The number of aromatic nitrogens is 1. The second-order valence-corrected chi connectivity index (χ2v) is 20.9. The number of hydrogen-bond acceptors (Lipinski definition) is 9. The fourth-order valence-corrected chi connectivity index (χ4v) is 7.89. The Hall–Kier alpha value is -5.66. The first-order valence-electron chi connectivity index (χ1n) is 20.1. The highest BCUT2D eigenvalue weighted by Gasteiger charge is 2.40. The minimum atomic E-state index is -2.40. The van der Waals surface area contributed by atoms with Gasteiger partial charge in [-0.1, -0.05) is 63.2 Å². The lowest BCUT2D eigenvalue weighted by molar-refractivity contribution is -0.142. The van der Waals surface area contributed by atoms with Crippen molar-refractivity contribution in [3.05, 3.63) is 113 Å². The molecule has 13 heteroatoms. The van der Waals surface area contributed by atoms with E-state index in [-0.39, 0.29) is 66.3 Å². The molecule has 3 aromatic carbocycles. The first kappa shape index (κ1) is 47.0. The zero-order valence-electron chi connectivity index (χ0n) is 36.3. The van der Waals surface area contributed by atoms with E-state index in [0.29, 0.717) is 33.5 Å². The van der Waals surface area contributed by atoms with Crippen molar-refractivity contribution in [1.29, 1.82) is 0 Å². The van der Waals surface area contributed by atoms with Crippen molar-refractivity contribution in [3.63, 3.8) is 0 Å². The predicted molar refractivity (Wildman–Crippen MR) is 233 cm³/mol. The summed E-state index contributed by atoms with van der Waals surface area (Å²) in [6, 6.07) is 19.4. The van der Waals surface area contributed by atoms with Crippen LogP contribution < -0.4 is 5.32 Å². The number of carbonyl (C=O) groups excluding carboxylic acids is 5. The Kier molecular flexibility index (Phi) is 16.1. The molecule has 1 atom stereocenters. The first-order valence-corrected chi connectivity index (χ1v) is 23.0. The van der Waals surface area contributed by atoms with Crippen LogP contribution in [0.4, 0.5) is 4.39 Å². The fraction of sp³-hybridized carbons (Fsp3) is 0.383. The molecule has 0 spiro atoms. The highest BCUT2D eigenvalue weighted by Crippen LogP contribution is 2.43. The standard InChI is InChI=1S/C47H57FN2O9Si/c1-11-57-45(54)34-24-31(25-35(26-34)46(55)58-12-2)29-49-44(53)43-42(32-16-14-13-15-17-32)41(33-18-20-36(48)21-19-33)39(50(43)30(3)4)23-22-37(51)27-38(28-40(52)56-8)59-60(9,10)47(5,6)7/h13-26,30,38H,11-12,27-29H2,1-10H3,(H,49,53)/b23-22+/t38-/m0/s1. The van der Waals surface area contributed by atoms with E-state index in [9.17, 15) is 28.4 Å². The Morgan fingerprint density at radius 2 is 1.38 bits per heavy atom.